The van der Waals surface area contributed by atoms with Crippen LogP contribution in [-0.4, -0.2) is 30.4 Å². The van der Waals surface area contributed by atoms with Gasteiger partial charge in [-0.05, 0) is 36.2 Å². The summed E-state index contributed by atoms with van der Waals surface area (Å²) >= 11 is 1.72. The Kier molecular flexibility index (Phi) is 5.63. The van der Waals surface area contributed by atoms with E-state index < -0.39 is 0 Å². The van der Waals surface area contributed by atoms with Crippen molar-refractivity contribution >= 4 is 29.7 Å². The Balaban J connectivity index is 0.00000162. The summed E-state index contributed by atoms with van der Waals surface area (Å²) in [6.45, 7) is 4.53. The van der Waals surface area contributed by atoms with Crippen LogP contribution in [-0.2, 0) is 11.2 Å². The second-order valence-electron chi connectivity index (χ2n) is 5.16. The summed E-state index contributed by atoms with van der Waals surface area (Å²) in [5.41, 5.74) is 5.88. The van der Waals surface area contributed by atoms with Gasteiger partial charge in [0.05, 0.1) is 0 Å². The van der Waals surface area contributed by atoms with Crippen LogP contribution in [0.15, 0.2) is 17.5 Å². The van der Waals surface area contributed by atoms with Crippen LogP contribution < -0.4 is 5.73 Å². The number of thiophene rings is 1. The predicted octanol–water partition coefficient (Wildman–Crippen LogP) is 2.30. The van der Waals surface area contributed by atoms with Crippen molar-refractivity contribution in [3.63, 3.8) is 0 Å². The molecule has 0 aliphatic carbocycles. The third-order valence-corrected chi connectivity index (χ3v) is 4.50. The summed E-state index contributed by atoms with van der Waals surface area (Å²) in [6.07, 6.45) is 2.53. The van der Waals surface area contributed by atoms with Crippen molar-refractivity contribution < 1.29 is 4.79 Å². The molecule has 102 valence electrons. The van der Waals surface area contributed by atoms with Gasteiger partial charge in [0.1, 0.15) is 0 Å². The van der Waals surface area contributed by atoms with E-state index in [4.69, 9.17) is 5.73 Å². The van der Waals surface area contributed by atoms with E-state index in [1.165, 1.54) is 4.88 Å². The lowest BCUT2D eigenvalue weighted by Crippen LogP contribution is -2.34. The molecule has 0 spiro atoms. The van der Waals surface area contributed by atoms with Gasteiger partial charge < -0.3 is 10.6 Å². The number of rotatable bonds is 4. The van der Waals surface area contributed by atoms with E-state index in [1.54, 1.807) is 11.3 Å². The maximum Gasteiger partial charge on any atom is 0.222 e. The number of amides is 1. The maximum atomic E-state index is 12.0. The highest BCUT2D eigenvalue weighted by atomic mass is 35.5. The average molecular weight is 289 g/mol. The van der Waals surface area contributed by atoms with Crippen LogP contribution >= 0.6 is 23.7 Å². The Morgan fingerprint density at radius 2 is 2.39 bits per heavy atom. The van der Waals surface area contributed by atoms with Gasteiger partial charge in [0.2, 0.25) is 5.91 Å². The molecule has 1 aromatic heterocycles. The van der Waals surface area contributed by atoms with Crippen LogP contribution in [0.5, 0.6) is 0 Å². The van der Waals surface area contributed by atoms with Gasteiger partial charge >= 0.3 is 0 Å². The summed E-state index contributed by atoms with van der Waals surface area (Å²) < 4.78 is 0. The van der Waals surface area contributed by atoms with Crippen molar-refractivity contribution in [3.05, 3.63) is 22.4 Å². The number of carbonyl (C=O) groups excluding carboxylic acids is 1. The van der Waals surface area contributed by atoms with Crippen molar-refractivity contribution in [1.29, 1.82) is 0 Å². The fourth-order valence-electron chi connectivity index (χ4n) is 2.25. The number of hydrogen-bond donors (Lipinski definition) is 1. The number of nitrogens with zero attached hydrogens (tertiary/aromatic N) is 1. The third kappa shape index (κ3) is 3.70. The Morgan fingerprint density at radius 1 is 1.61 bits per heavy atom. The maximum absolute atomic E-state index is 12.0. The summed E-state index contributed by atoms with van der Waals surface area (Å²) in [7, 11) is 0. The lowest BCUT2D eigenvalue weighted by atomic mass is 9.90. The van der Waals surface area contributed by atoms with Gasteiger partial charge in [-0.1, -0.05) is 13.0 Å². The number of nitrogens with two attached hydrogens (primary N) is 1. The minimum absolute atomic E-state index is 0. The molecule has 0 saturated carbocycles. The molecular formula is C13H21ClN2OS. The topological polar surface area (TPSA) is 46.3 Å². The standard InChI is InChI=1S/C13H20N2OS.ClH/c1-13(9-14)6-7-15(10-13)12(16)5-4-11-3-2-8-17-11;/h2-3,8H,4-7,9-10,14H2,1H3;1H. The van der Waals surface area contributed by atoms with Gasteiger partial charge in [-0.25, -0.2) is 0 Å². The first-order valence-corrected chi connectivity index (χ1v) is 7.01. The molecule has 5 heteroatoms. The molecule has 1 amide bonds. The summed E-state index contributed by atoms with van der Waals surface area (Å²) in [6, 6.07) is 4.12. The molecule has 1 aliphatic heterocycles. The zero-order valence-corrected chi connectivity index (χ0v) is 12.4. The molecule has 1 fully saturated rings. The number of aryl methyl sites for hydroxylation is 1. The minimum Gasteiger partial charge on any atom is -0.342 e. The molecule has 1 atom stereocenters. The molecule has 1 aromatic rings. The van der Waals surface area contributed by atoms with Crippen molar-refractivity contribution in [3.8, 4) is 0 Å². The van der Waals surface area contributed by atoms with Crippen LogP contribution in [0, 0.1) is 5.41 Å². The van der Waals surface area contributed by atoms with E-state index >= 15 is 0 Å². The summed E-state index contributed by atoms with van der Waals surface area (Å²) in [4.78, 5) is 15.3. The smallest absolute Gasteiger partial charge is 0.222 e. The minimum atomic E-state index is 0. The van der Waals surface area contributed by atoms with Gasteiger partial charge in [-0.2, -0.15) is 0 Å². The molecule has 3 nitrogen and oxygen atoms in total. The van der Waals surface area contributed by atoms with E-state index in [1.807, 2.05) is 11.0 Å². The molecule has 0 radical (unpaired) electrons. The van der Waals surface area contributed by atoms with Crippen LogP contribution in [0.2, 0.25) is 0 Å². The fourth-order valence-corrected chi connectivity index (χ4v) is 2.96. The Morgan fingerprint density at radius 3 is 2.94 bits per heavy atom. The molecule has 1 aliphatic rings. The lowest BCUT2D eigenvalue weighted by Gasteiger charge is -2.22. The van der Waals surface area contributed by atoms with Crippen LogP contribution in [0.4, 0.5) is 0 Å². The molecule has 2 heterocycles. The number of likely N-dealkylation sites (tertiary alicyclic amines) is 1. The predicted molar refractivity (Wildman–Crippen MR) is 78.2 cm³/mol. The molecule has 0 bridgehead atoms. The van der Waals surface area contributed by atoms with Gasteiger partial charge in [0.25, 0.3) is 0 Å². The third-order valence-electron chi connectivity index (χ3n) is 3.57. The molecular weight excluding hydrogens is 268 g/mol. The van der Waals surface area contributed by atoms with Crippen molar-refractivity contribution in [2.75, 3.05) is 19.6 Å². The van der Waals surface area contributed by atoms with Crippen molar-refractivity contribution in [2.45, 2.75) is 26.2 Å². The fraction of sp³-hybridized carbons (Fsp3) is 0.615. The summed E-state index contributed by atoms with van der Waals surface area (Å²) in [5, 5.41) is 2.06. The van der Waals surface area contributed by atoms with Crippen molar-refractivity contribution in [1.82, 2.24) is 4.90 Å². The second kappa shape index (κ2) is 6.55. The second-order valence-corrected chi connectivity index (χ2v) is 6.19. The largest absolute Gasteiger partial charge is 0.342 e. The molecule has 1 saturated heterocycles. The van der Waals surface area contributed by atoms with E-state index in [0.717, 1.165) is 25.9 Å². The SMILES string of the molecule is CC1(CN)CCN(C(=O)CCc2cccs2)C1.Cl. The van der Waals surface area contributed by atoms with Crippen LogP contribution in [0.25, 0.3) is 0 Å². The highest BCUT2D eigenvalue weighted by molar-refractivity contribution is 7.09. The Bertz CT molecular complexity index is 382. The molecule has 18 heavy (non-hydrogen) atoms. The molecule has 1 unspecified atom stereocenters. The molecule has 0 aromatic carbocycles. The zero-order valence-electron chi connectivity index (χ0n) is 10.7. The molecule has 2 rings (SSSR count). The summed E-state index contributed by atoms with van der Waals surface area (Å²) in [5.74, 6) is 0.274. The van der Waals surface area contributed by atoms with Gasteiger partial charge in [-0.15, -0.1) is 23.7 Å². The van der Waals surface area contributed by atoms with E-state index in [9.17, 15) is 4.79 Å². The normalized spacial score (nSPS) is 22.9. The first-order valence-electron chi connectivity index (χ1n) is 6.13. The van der Waals surface area contributed by atoms with Crippen LogP contribution in [0.3, 0.4) is 0 Å². The van der Waals surface area contributed by atoms with Gasteiger partial charge in [-0.3, -0.25) is 4.79 Å². The van der Waals surface area contributed by atoms with E-state index in [-0.39, 0.29) is 23.7 Å². The number of carbonyl (C=O) groups is 1. The first kappa shape index (κ1) is 15.5. The van der Waals surface area contributed by atoms with Crippen LogP contribution in [0.1, 0.15) is 24.6 Å². The quantitative estimate of drug-likeness (QED) is 0.924. The molecule has 2 N–H and O–H groups in total. The number of hydrogen-bond acceptors (Lipinski definition) is 3. The monoisotopic (exact) mass is 288 g/mol. The van der Waals surface area contributed by atoms with Crippen molar-refractivity contribution in [2.24, 2.45) is 11.1 Å². The van der Waals surface area contributed by atoms with E-state index in [2.05, 4.69) is 18.4 Å². The lowest BCUT2D eigenvalue weighted by molar-refractivity contribution is -0.130. The average Bonchev–Trinajstić information content (AvgIpc) is 2.96. The number of halogens is 1. The Labute approximate surface area is 119 Å². The Hall–Kier alpha value is -0.580. The first-order chi connectivity index (χ1) is 8.13. The van der Waals surface area contributed by atoms with E-state index in [0.29, 0.717) is 13.0 Å². The van der Waals surface area contributed by atoms with Gasteiger partial charge in [0.15, 0.2) is 0 Å². The zero-order chi connectivity index (χ0) is 12.3. The highest BCUT2D eigenvalue weighted by Crippen LogP contribution is 2.29. The highest BCUT2D eigenvalue weighted by Gasteiger charge is 2.34. The van der Waals surface area contributed by atoms with Gasteiger partial charge in [0, 0.05) is 24.4 Å².